The Bertz CT molecular complexity index is 79.0. The van der Waals surface area contributed by atoms with Gasteiger partial charge in [-0.1, -0.05) is 38.3 Å². The van der Waals surface area contributed by atoms with Crippen molar-refractivity contribution < 1.29 is 8.78 Å². The summed E-state index contributed by atoms with van der Waals surface area (Å²) in [5, 5.41) is 0. The van der Waals surface area contributed by atoms with Crippen LogP contribution in [0, 0.1) is 0 Å². The molecule has 0 rings (SSSR count). The molecule has 0 unspecified atom stereocenters. The van der Waals surface area contributed by atoms with Crippen LogP contribution in [0.25, 0.3) is 0 Å². The molecular formula is C10H20BF2. The largest absolute Gasteiger partial charge is 0.251 e. The van der Waals surface area contributed by atoms with E-state index in [2.05, 4.69) is 7.28 Å². The molecule has 0 heterocycles. The molecule has 0 N–H and O–H groups in total. The zero-order valence-corrected chi connectivity index (χ0v) is 8.40. The van der Waals surface area contributed by atoms with Crippen LogP contribution < -0.4 is 0 Å². The number of rotatable bonds is 10. The fourth-order valence-electron chi connectivity index (χ4n) is 1.26. The lowest BCUT2D eigenvalue weighted by Gasteiger charge is -1.98. The Morgan fingerprint density at radius 3 is 1.46 bits per heavy atom. The Kier molecular flexibility index (Phi) is 11.9. The highest BCUT2D eigenvalue weighted by Gasteiger charge is 1.93. The summed E-state index contributed by atoms with van der Waals surface area (Å²) in [5.74, 6) is 0. The van der Waals surface area contributed by atoms with Crippen molar-refractivity contribution in [3.8, 4) is 0 Å². The second-order valence-corrected chi connectivity index (χ2v) is 3.37. The molecule has 13 heavy (non-hydrogen) atoms. The second-order valence-electron chi connectivity index (χ2n) is 3.37. The van der Waals surface area contributed by atoms with Crippen LogP contribution in [0.15, 0.2) is 0 Å². The van der Waals surface area contributed by atoms with E-state index in [1.807, 2.05) is 0 Å². The molecule has 0 amide bonds. The molecule has 3 heteroatoms. The minimum Gasteiger partial charge on any atom is -0.251 e. The molecule has 0 atom stereocenters. The molecule has 77 valence electrons. The van der Waals surface area contributed by atoms with Gasteiger partial charge in [0, 0.05) is 0 Å². The number of hydrogen-bond acceptors (Lipinski definition) is 0. The molecule has 0 saturated heterocycles. The third-order valence-electron chi connectivity index (χ3n) is 2.08. The molecular weight excluding hydrogens is 169 g/mol. The first-order valence-corrected chi connectivity index (χ1v) is 5.35. The van der Waals surface area contributed by atoms with Crippen molar-refractivity contribution in [3.05, 3.63) is 0 Å². The van der Waals surface area contributed by atoms with Gasteiger partial charge < -0.3 is 0 Å². The third kappa shape index (κ3) is 11.9. The van der Waals surface area contributed by atoms with Crippen molar-refractivity contribution in [3.63, 3.8) is 0 Å². The van der Waals surface area contributed by atoms with Gasteiger partial charge in [0.05, 0.1) is 13.3 Å². The van der Waals surface area contributed by atoms with Gasteiger partial charge >= 0.3 is 0 Å². The second kappa shape index (κ2) is 11.9. The lowest BCUT2D eigenvalue weighted by Crippen LogP contribution is -1.90. The number of unbranched alkanes of at least 4 members (excludes halogenated alkanes) is 4. The highest BCUT2D eigenvalue weighted by Crippen LogP contribution is 2.05. The maximum atomic E-state index is 11.7. The van der Waals surface area contributed by atoms with Crippen LogP contribution in [-0.2, 0) is 0 Å². The van der Waals surface area contributed by atoms with Gasteiger partial charge in [-0.2, -0.15) is 0 Å². The smallest absolute Gasteiger partial charge is 0.109 e. The highest BCUT2D eigenvalue weighted by atomic mass is 19.1. The van der Waals surface area contributed by atoms with Gasteiger partial charge in [0.25, 0.3) is 0 Å². The predicted molar refractivity (Wildman–Crippen MR) is 55.0 cm³/mol. The molecule has 0 aromatic rings. The van der Waals surface area contributed by atoms with Crippen molar-refractivity contribution >= 4 is 7.28 Å². The number of hydrogen-bond donors (Lipinski definition) is 0. The van der Waals surface area contributed by atoms with E-state index in [4.69, 9.17) is 0 Å². The van der Waals surface area contributed by atoms with Gasteiger partial charge in [0.1, 0.15) is 7.28 Å². The summed E-state index contributed by atoms with van der Waals surface area (Å²) in [6, 6.07) is 0. The number of halogens is 2. The minimum absolute atomic E-state index is 0.184. The van der Waals surface area contributed by atoms with Crippen molar-refractivity contribution in [1.82, 2.24) is 0 Å². The summed E-state index contributed by atoms with van der Waals surface area (Å²) in [4.78, 5) is 0. The zero-order chi connectivity index (χ0) is 9.78. The first kappa shape index (κ1) is 12.9. The molecule has 0 aliphatic heterocycles. The normalized spacial score (nSPS) is 10.3. The first-order chi connectivity index (χ1) is 6.41. The van der Waals surface area contributed by atoms with Crippen molar-refractivity contribution in [2.75, 3.05) is 13.3 Å². The molecule has 0 aromatic carbocycles. The fourth-order valence-corrected chi connectivity index (χ4v) is 1.26. The van der Waals surface area contributed by atoms with Gasteiger partial charge in [-0.05, 0) is 12.8 Å². The van der Waals surface area contributed by atoms with Gasteiger partial charge in [0.15, 0.2) is 0 Å². The predicted octanol–water partition coefficient (Wildman–Crippen LogP) is 3.81. The molecule has 0 aliphatic carbocycles. The SMILES string of the molecule is FCCCCC[B]CCCCCF. The molecule has 0 saturated carbocycles. The van der Waals surface area contributed by atoms with Crippen LogP contribution >= 0.6 is 0 Å². The van der Waals surface area contributed by atoms with Crippen LogP contribution in [-0.4, -0.2) is 20.6 Å². The molecule has 0 bridgehead atoms. The summed E-state index contributed by atoms with van der Waals surface area (Å²) in [5.41, 5.74) is 0. The van der Waals surface area contributed by atoms with Gasteiger partial charge in [-0.15, -0.1) is 0 Å². The minimum atomic E-state index is -0.184. The molecule has 0 aromatic heterocycles. The highest BCUT2D eigenvalue weighted by molar-refractivity contribution is 6.35. The lowest BCUT2D eigenvalue weighted by atomic mass is 9.68. The van der Waals surface area contributed by atoms with E-state index in [1.165, 1.54) is 0 Å². The summed E-state index contributed by atoms with van der Waals surface area (Å²) in [7, 11) is 2.25. The van der Waals surface area contributed by atoms with Crippen LogP contribution in [0.5, 0.6) is 0 Å². The first-order valence-electron chi connectivity index (χ1n) is 5.35. The van der Waals surface area contributed by atoms with Crippen molar-refractivity contribution in [2.45, 2.75) is 51.2 Å². The Hall–Kier alpha value is -0.0751. The zero-order valence-electron chi connectivity index (χ0n) is 8.40. The van der Waals surface area contributed by atoms with Crippen molar-refractivity contribution in [1.29, 1.82) is 0 Å². The Labute approximate surface area is 81.3 Å². The third-order valence-corrected chi connectivity index (χ3v) is 2.08. The molecule has 0 fully saturated rings. The monoisotopic (exact) mass is 189 g/mol. The summed E-state index contributed by atoms with van der Waals surface area (Å²) >= 11 is 0. The summed E-state index contributed by atoms with van der Waals surface area (Å²) < 4.78 is 23.3. The lowest BCUT2D eigenvalue weighted by molar-refractivity contribution is 0.459. The molecule has 0 nitrogen and oxygen atoms in total. The quantitative estimate of drug-likeness (QED) is 0.362. The average molecular weight is 189 g/mol. The van der Waals surface area contributed by atoms with E-state index in [0.29, 0.717) is 12.8 Å². The summed E-state index contributed by atoms with van der Waals surface area (Å²) in [6.45, 7) is -0.368. The van der Waals surface area contributed by atoms with Crippen LogP contribution in [0.1, 0.15) is 38.5 Å². The standard InChI is InChI=1S/C10H20BF2/c12-9-5-1-3-7-11-8-4-2-6-10-13/h1-10H2. The summed E-state index contributed by atoms with van der Waals surface area (Å²) in [6.07, 6.45) is 7.80. The maximum absolute atomic E-state index is 11.7. The Morgan fingerprint density at radius 1 is 0.615 bits per heavy atom. The van der Waals surface area contributed by atoms with Gasteiger partial charge in [0.2, 0.25) is 0 Å². The molecule has 0 spiro atoms. The van der Waals surface area contributed by atoms with E-state index in [9.17, 15) is 8.78 Å². The van der Waals surface area contributed by atoms with E-state index >= 15 is 0 Å². The Balaban J connectivity index is 2.76. The van der Waals surface area contributed by atoms with Crippen LogP contribution in [0.3, 0.4) is 0 Å². The van der Waals surface area contributed by atoms with E-state index in [0.717, 1.165) is 38.3 Å². The van der Waals surface area contributed by atoms with Crippen molar-refractivity contribution in [2.24, 2.45) is 0 Å². The van der Waals surface area contributed by atoms with Crippen LogP contribution in [0.4, 0.5) is 8.78 Å². The Morgan fingerprint density at radius 2 is 1.08 bits per heavy atom. The van der Waals surface area contributed by atoms with Gasteiger partial charge in [-0.25, -0.2) is 0 Å². The molecule has 0 aliphatic rings. The average Bonchev–Trinajstić information content (AvgIpc) is 2.16. The van der Waals surface area contributed by atoms with E-state index in [1.54, 1.807) is 0 Å². The van der Waals surface area contributed by atoms with E-state index in [-0.39, 0.29) is 13.3 Å². The maximum Gasteiger partial charge on any atom is 0.109 e. The number of alkyl halides is 2. The van der Waals surface area contributed by atoms with Gasteiger partial charge in [-0.3, -0.25) is 8.78 Å². The fraction of sp³-hybridized carbons (Fsp3) is 1.00. The topological polar surface area (TPSA) is 0 Å². The molecule has 1 radical (unpaired) electrons. The van der Waals surface area contributed by atoms with E-state index < -0.39 is 0 Å². The van der Waals surface area contributed by atoms with Crippen LogP contribution in [0.2, 0.25) is 12.6 Å².